The van der Waals surface area contributed by atoms with Crippen LogP contribution in [0.1, 0.15) is 46.0 Å². The van der Waals surface area contributed by atoms with E-state index in [1.54, 1.807) is 0 Å². The Morgan fingerprint density at radius 1 is 1.43 bits per heavy atom. The Morgan fingerprint density at radius 3 is 3.00 bits per heavy atom. The van der Waals surface area contributed by atoms with Gasteiger partial charge in [0.25, 0.3) is 0 Å². The van der Waals surface area contributed by atoms with Gasteiger partial charge in [-0.25, -0.2) is 0 Å². The third-order valence-electron chi connectivity index (χ3n) is 5.21. The highest BCUT2D eigenvalue weighted by molar-refractivity contribution is 4.92. The number of nitrogens with zero attached hydrogens (tertiary/aromatic N) is 1. The predicted molar refractivity (Wildman–Crippen MR) is 86.5 cm³/mol. The summed E-state index contributed by atoms with van der Waals surface area (Å²) in [5.41, 5.74) is 0.387. The first-order chi connectivity index (χ1) is 10.2. The van der Waals surface area contributed by atoms with Crippen molar-refractivity contribution >= 4 is 0 Å². The molecule has 124 valence electrons. The van der Waals surface area contributed by atoms with E-state index in [1.165, 1.54) is 32.1 Å². The van der Waals surface area contributed by atoms with E-state index >= 15 is 0 Å². The van der Waals surface area contributed by atoms with Crippen LogP contribution in [0.4, 0.5) is 0 Å². The molecule has 1 aliphatic carbocycles. The molecule has 4 heteroatoms. The monoisotopic (exact) mass is 298 g/mol. The molecular weight excluding hydrogens is 264 g/mol. The van der Waals surface area contributed by atoms with Crippen molar-refractivity contribution in [3.63, 3.8) is 0 Å². The van der Waals surface area contributed by atoms with Crippen LogP contribution >= 0.6 is 0 Å². The summed E-state index contributed by atoms with van der Waals surface area (Å²) in [6.07, 6.45) is 6.57. The van der Waals surface area contributed by atoms with Gasteiger partial charge in [-0.05, 0) is 37.1 Å². The third-order valence-corrected chi connectivity index (χ3v) is 5.21. The maximum absolute atomic E-state index is 9.60. The fraction of sp³-hybridized carbons (Fsp3) is 1.00. The second-order valence-electron chi connectivity index (χ2n) is 7.26. The second-order valence-corrected chi connectivity index (χ2v) is 7.26. The molecule has 1 heterocycles. The SMILES string of the molecule is CCCNCC1(CN2CCOCC2CO)CCCC(C)C1. The van der Waals surface area contributed by atoms with Gasteiger partial charge < -0.3 is 15.2 Å². The Kier molecular flexibility index (Phi) is 6.93. The molecule has 1 saturated carbocycles. The fourth-order valence-electron chi connectivity index (χ4n) is 4.16. The molecule has 1 saturated heterocycles. The summed E-state index contributed by atoms with van der Waals surface area (Å²) in [6, 6.07) is 0.194. The zero-order chi connectivity index (χ0) is 15.1. The Hall–Kier alpha value is -0.160. The lowest BCUT2D eigenvalue weighted by atomic mass is 9.69. The summed E-state index contributed by atoms with van der Waals surface area (Å²) in [5.74, 6) is 0.829. The molecule has 4 nitrogen and oxygen atoms in total. The fourth-order valence-corrected chi connectivity index (χ4v) is 4.16. The number of ether oxygens (including phenoxy) is 1. The van der Waals surface area contributed by atoms with E-state index in [9.17, 15) is 5.11 Å². The first-order valence-corrected chi connectivity index (χ1v) is 8.82. The molecule has 2 rings (SSSR count). The van der Waals surface area contributed by atoms with Gasteiger partial charge in [-0.2, -0.15) is 0 Å². The van der Waals surface area contributed by atoms with Crippen LogP contribution in [0.2, 0.25) is 0 Å². The summed E-state index contributed by atoms with van der Waals surface area (Å²) in [5, 5.41) is 13.3. The Balaban J connectivity index is 1.99. The van der Waals surface area contributed by atoms with Crippen LogP contribution in [0.5, 0.6) is 0 Å². The highest BCUT2D eigenvalue weighted by atomic mass is 16.5. The number of aliphatic hydroxyl groups is 1. The number of hydrogen-bond donors (Lipinski definition) is 2. The smallest absolute Gasteiger partial charge is 0.0644 e. The van der Waals surface area contributed by atoms with Crippen molar-refractivity contribution in [1.82, 2.24) is 10.2 Å². The highest BCUT2D eigenvalue weighted by Crippen LogP contribution is 2.40. The lowest BCUT2D eigenvalue weighted by Gasteiger charge is -2.46. The Labute approximate surface area is 130 Å². The maximum Gasteiger partial charge on any atom is 0.0644 e. The lowest BCUT2D eigenvalue weighted by molar-refractivity contribution is -0.0523. The minimum Gasteiger partial charge on any atom is -0.395 e. The molecule has 2 aliphatic rings. The molecule has 0 aromatic rings. The maximum atomic E-state index is 9.60. The van der Waals surface area contributed by atoms with Crippen LogP contribution < -0.4 is 5.32 Å². The van der Waals surface area contributed by atoms with Crippen LogP contribution in [0.15, 0.2) is 0 Å². The molecule has 0 spiro atoms. The zero-order valence-corrected chi connectivity index (χ0v) is 13.9. The number of nitrogens with one attached hydrogen (secondary N) is 1. The molecule has 0 aromatic heterocycles. The van der Waals surface area contributed by atoms with Crippen LogP contribution in [-0.2, 0) is 4.74 Å². The molecule has 21 heavy (non-hydrogen) atoms. The number of hydrogen-bond acceptors (Lipinski definition) is 4. The molecule has 2 fully saturated rings. The summed E-state index contributed by atoms with van der Waals surface area (Å²) in [4.78, 5) is 2.48. The van der Waals surface area contributed by atoms with Crippen LogP contribution in [-0.4, -0.2) is 62.0 Å². The number of aliphatic hydroxyl groups excluding tert-OH is 1. The Morgan fingerprint density at radius 2 is 2.29 bits per heavy atom. The highest BCUT2D eigenvalue weighted by Gasteiger charge is 2.38. The first kappa shape index (κ1) is 17.2. The number of morpholine rings is 1. The van der Waals surface area contributed by atoms with E-state index in [0.29, 0.717) is 12.0 Å². The number of rotatable bonds is 7. The summed E-state index contributed by atoms with van der Waals surface area (Å²) >= 11 is 0. The van der Waals surface area contributed by atoms with Crippen LogP contribution in [0.3, 0.4) is 0 Å². The first-order valence-electron chi connectivity index (χ1n) is 8.82. The molecule has 0 radical (unpaired) electrons. The average Bonchev–Trinajstić information content (AvgIpc) is 2.48. The van der Waals surface area contributed by atoms with Crippen molar-refractivity contribution in [1.29, 1.82) is 0 Å². The van der Waals surface area contributed by atoms with Gasteiger partial charge in [-0.3, -0.25) is 4.90 Å². The molecular formula is C17H34N2O2. The van der Waals surface area contributed by atoms with E-state index in [-0.39, 0.29) is 12.6 Å². The molecule has 1 aliphatic heterocycles. The van der Waals surface area contributed by atoms with E-state index < -0.39 is 0 Å². The van der Waals surface area contributed by atoms with Gasteiger partial charge >= 0.3 is 0 Å². The van der Waals surface area contributed by atoms with Crippen molar-refractivity contribution in [2.45, 2.75) is 52.0 Å². The molecule has 2 N–H and O–H groups in total. The normalized spacial score (nSPS) is 35.0. The molecule has 3 atom stereocenters. The van der Waals surface area contributed by atoms with Gasteiger partial charge in [-0.1, -0.05) is 26.7 Å². The van der Waals surface area contributed by atoms with E-state index in [2.05, 4.69) is 24.1 Å². The van der Waals surface area contributed by atoms with E-state index in [0.717, 1.165) is 38.7 Å². The standard InChI is InChI=1S/C17H34N2O2/c1-3-7-18-13-17(6-4-5-15(2)10-17)14-19-8-9-21-12-16(19)11-20/h15-16,18,20H,3-14H2,1-2H3. The van der Waals surface area contributed by atoms with Gasteiger partial charge in [0, 0.05) is 19.6 Å². The van der Waals surface area contributed by atoms with Gasteiger partial charge in [0.2, 0.25) is 0 Å². The van der Waals surface area contributed by atoms with E-state index in [1.807, 2.05) is 0 Å². The quantitative estimate of drug-likeness (QED) is 0.704. The molecule has 0 aromatic carbocycles. The van der Waals surface area contributed by atoms with Crippen molar-refractivity contribution in [3.05, 3.63) is 0 Å². The van der Waals surface area contributed by atoms with Crippen molar-refractivity contribution in [2.24, 2.45) is 11.3 Å². The van der Waals surface area contributed by atoms with Gasteiger partial charge in [0.1, 0.15) is 0 Å². The molecule has 0 amide bonds. The zero-order valence-electron chi connectivity index (χ0n) is 13.9. The van der Waals surface area contributed by atoms with Crippen molar-refractivity contribution in [2.75, 3.05) is 46.0 Å². The van der Waals surface area contributed by atoms with Gasteiger partial charge in [-0.15, -0.1) is 0 Å². The summed E-state index contributed by atoms with van der Waals surface area (Å²) in [7, 11) is 0. The van der Waals surface area contributed by atoms with Crippen LogP contribution in [0.25, 0.3) is 0 Å². The predicted octanol–water partition coefficient (Wildman–Crippen LogP) is 1.88. The lowest BCUT2D eigenvalue weighted by Crippen LogP contribution is -2.54. The van der Waals surface area contributed by atoms with Crippen molar-refractivity contribution in [3.8, 4) is 0 Å². The van der Waals surface area contributed by atoms with Crippen LogP contribution in [0, 0.1) is 11.3 Å². The summed E-state index contributed by atoms with van der Waals surface area (Å²) in [6.45, 7) is 10.7. The van der Waals surface area contributed by atoms with Gasteiger partial charge in [0.05, 0.1) is 25.9 Å². The molecule has 0 bridgehead atoms. The Bertz CT molecular complexity index is 301. The third kappa shape index (κ3) is 4.92. The minimum absolute atomic E-state index is 0.194. The summed E-state index contributed by atoms with van der Waals surface area (Å²) < 4.78 is 5.53. The average molecular weight is 298 g/mol. The largest absolute Gasteiger partial charge is 0.395 e. The second kappa shape index (κ2) is 8.47. The molecule has 3 unspecified atom stereocenters. The van der Waals surface area contributed by atoms with Gasteiger partial charge in [0.15, 0.2) is 0 Å². The van der Waals surface area contributed by atoms with E-state index in [4.69, 9.17) is 4.74 Å². The minimum atomic E-state index is 0.194. The topological polar surface area (TPSA) is 44.7 Å². The van der Waals surface area contributed by atoms with Crippen molar-refractivity contribution < 1.29 is 9.84 Å².